The number of esters is 1. The van der Waals surface area contributed by atoms with Crippen LogP contribution in [0.5, 0.6) is 0 Å². The number of nitrogens with zero attached hydrogens (tertiary/aromatic N) is 1. The summed E-state index contributed by atoms with van der Waals surface area (Å²) in [6.07, 6.45) is 2.60. The zero-order valence-corrected chi connectivity index (χ0v) is 13.1. The number of fused-ring (bicyclic) bond motifs is 1. The molecular formula is C16H19ClN2O2. The molecule has 1 aromatic heterocycles. The molecule has 2 unspecified atom stereocenters. The molecule has 0 saturated heterocycles. The van der Waals surface area contributed by atoms with Crippen molar-refractivity contribution in [2.75, 3.05) is 7.11 Å². The first-order chi connectivity index (χ1) is 10.1. The normalized spacial score (nSPS) is 13.9. The SMILES string of the molecule is CCC(C)NC(C(=O)OC)c1ccc(Cl)c2cccnc12. The van der Waals surface area contributed by atoms with Gasteiger partial charge in [-0.05, 0) is 31.5 Å². The largest absolute Gasteiger partial charge is 0.468 e. The average molecular weight is 307 g/mol. The Bertz CT molecular complexity index is 645. The van der Waals surface area contributed by atoms with Gasteiger partial charge in [-0.25, -0.2) is 4.79 Å². The molecule has 0 spiro atoms. The van der Waals surface area contributed by atoms with Gasteiger partial charge in [0.1, 0.15) is 6.04 Å². The van der Waals surface area contributed by atoms with Crippen molar-refractivity contribution in [1.82, 2.24) is 10.3 Å². The second-order valence-electron chi connectivity index (χ2n) is 4.97. The van der Waals surface area contributed by atoms with Crippen molar-refractivity contribution in [3.63, 3.8) is 0 Å². The van der Waals surface area contributed by atoms with Crippen molar-refractivity contribution in [1.29, 1.82) is 0 Å². The van der Waals surface area contributed by atoms with Gasteiger partial charge in [0.05, 0.1) is 12.6 Å². The Morgan fingerprint density at radius 2 is 2.19 bits per heavy atom. The molecule has 0 saturated carbocycles. The maximum absolute atomic E-state index is 12.1. The summed E-state index contributed by atoms with van der Waals surface area (Å²) < 4.78 is 4.93. The second kappa shape index (κ2) is 6.87. The smallest absolute Gasteiger partial charge is 0.327 e. The number of carbonyl (C=O) groups excluding carboxylic acids is 1. The fraction of sp³-hybridized carbons (Fsp3) is 0.375. The zero-order chi connectivity index (χ0) is 15.4. The molecule has 5 heteroatoms. The van der Waals surface area contributed by atoms with Crippen LogP contribution < -0.4 is 5.32 Å². The van der Waals surface area contributed by atoms with Crippen LogP contribution in [0.25, 0.3) is 10.9 Å². The van der Waals surface area contributed by atoms with Crippen LogP contribution in [0.4, 0.5) is 0 Å². The maximum atomic E-state index is 12.1. The highest BCUT2D eigenvalue weighted by atomic mass is 35.5. The highest BCUT2D eigenvalue weighted by Crippen LogP contribution is 2.29. The van der Waals surface area contributed by atoms with Crippen LogP contribution in [0.1, 0.15) is 31.9 Å². The lowest BCUT2D eigenvalue weighted by atomic mass is 10.0. The summed E-state index contributed by atoms with van der Waals surface area (Å²) in [5.41, 5.74) is 1.50. The van der Waals surface area contributed by atoms with Crippen LogP contribution in [0.2, 0.25) is 5.02 Å². The molecule has 1 N–H and O–H groups in total. The van der Waals surface area contributed by atoms with Gasteiger partial charge in [0.15, 0.2) is 0 Å². The third-order valence-corrected chi connectivity index (χ3v) is 3.89. The Morgan fingerprint density at radius 1 is 1.43 bits per heavy atom. The molecule has 0 amide bonds. The van der Waals surface area contributed by atoms with Gasteiger partial charge < -0.3 is 4.74 Å². The topological polar surface area (TPSA) is 51.2 Å². The zero-order valence-electron chi connectivity index (χ0n) is 12.4. The van der Waals surface area contributed by atoms with Crippen molar-refractivity contribution in [2.24, 2.45) is 0 Å². The lowest BCUT2D eigenvalue weighted by Gasteiger charge is -2.22. The molecule has 112 valence electrons. The minimum atomic E-state index is -0.556. The minimum absolute atomic E-state index is 0.184. The van der Waals surface area contributed by atoms with Crippen LogP contribution >= 0.6 is 11.6 Å². The quantitative estimate of drug-likeness (QED) is 0.859. The Balaban J connectivity index is 2.54. The number of carbonyl (C=O) groups is 1. The summed E-state index contributed by atoms with van der Waals surface area (Å²) in [6.45, 7) is 4.09. The van der Waals surface area contributed by atoms with Crippen LogP contribution in [-0.2, 0) is 9.53 Å². The van der Waals surface area contributed by atoms with E-state index in [0.29, 0.717) is 5.02 Å². The number of nitrogens with one attached hydrogen (secondary N) is 1. The highest BCUT2D eigenvalue weighted by Gasteiger charge is 2.25. The van der Waals surface area contributed by atoms with E-state index in [4.69, 9.17) is 16.3 Å². The van der Waals surface area contributed by atoms with E-state index in [1.165, 1.54) is 7.11 Å². The van der Waals surface area contributed by atoms with Crippen molar-refractivity contribution in [3.8, 4) is 0 Å². The molecule has 2 rings (SSSR count). The number of methoxy groups -OCH3 is 1. The first kappa shape index (κ1) is 15.7. The lowest BCUT2D eigenvalue weighted by Crippen LogP contribution is -2.35. The average Bonchev–Trinajstić information content (AvgIpc) is 2.52. The van der Waals surface area contributed by atoms with E-state index in [9.17, 15) is 4.79 Å². The van der Waals surface area contributed by atoms with Crippen molar-refractivity contribution in [3.05, 3.63) is 41.0 Å². The van der Waals surface area contributed by atoms with Crippen molar-refractivity contribution in [2.45, 2.75) is 32.4 Å². The van der Waals surface area contributed by atoms with Gasteiger partial charge in [-0.2, -0.15) is 0 Å². The number of hydrogen-bond acceptors (Lipinski definition) is 4. The van der Waals surface area contributed by atoms with E-state index in [-0.39, 0.29) is 12.0 Å². The molecule has 2 aromatic rings. The van der Waals surface area contributed by atoms with Crippen LogP contribution in [0.15, 0.2) is 30.5 Å². The molecule has 0 fully saturated rings. The first-order valence-corrected chi connectivity index (χ1v) is 7.33. The molecule has 0 aliphatic carbocycles. The third kappa shape index (κ3) is 3.34. The second-order valence-corrected chi connectivity index (χ2v) is 5.38. The molecular weight excluding hydrogens is 288 g/mol. The predicted octanol–water partition coefficient (Wildman–Crippen LogP) is 3.49. The number of pyridine rings is 1. The number of aromatic nitrogens is 1. The summed E-state index contributed by atoms with van der Waals surface area (Å²) in [6, 6.07) is 6.96. The number of rotatable bonds is 5. The molecule has 2 atom stereocenters. The summed E-state index contributed by atoms with van der Waals surface area (Å²) in [4.78, 5) is 16.5. The lowest BCUT2D eigenvalue weighted by molar-refractivity contribution is -0.143. The molecule has 0 aliphatic rings. The van der Waals surface area contributed by atoms with E-state index in [2.05, 4.69) is 17.2 Å². The molecule has 0 aliphatic heterocycles. The third-order valence-electron chi connectivity index (χ3n) is 3.56. The molecule has 21 heavy (non-hydrogen) atoms. The van der Waals surface area contributed by atoms with E-state index in [1.54, 1.807) is 12.3 Å². The number of benzene rings is 1. The molecule has 0 radical (unpaired) electrons. The fourth-order valence-corrected chi connectivity index (χ4v) is 2.41. The van der Waals surface area contributed by atoms with Gasteiger partial charge in [0.2, 0.25) is 0 Å². The minimum Gasteiger partial charge on any atom is -0.468 e. The Hall–Kier alpha value is -1.65. The number of ether oxygens (including phenoxy) is 1. The fourth-order valence-electron chi connectivity index (χ4n) is 2.20. The highest BCUT2D eigenvalue weighted by molar-refractivity contribution is 6.35. The van der Waals surface area contributed by atoms with Gasteiger partial charge in [-0.15, -0.1) is 0 Å². The Labute approximate surface area is 129 Å². The van der Waals surface area contributed by atoms with Gasteiger partial charge in [-0.1, -0.05) is 24.6 Å². The van der Waals surface area contributed by atoms with Gasteiger partial charge in [0, 0.05) is 28.2 Å². The van der Waals surface area contributed by atoms with Crippen molar-refractivity contribution < 1.29 is 9.53 Å². The van der Waals surface area contributed by atoms with E-state index in [1.807, 2.05) is 25.1 Å². The predicted molar refractivity (Wildman–Crippen MR) is 84.4 cm³/mol. The Morgan fingerprint density at radius 3 is 2.86 bits per heavy atom. The Kier molecular flexibility index (Phi) is 5.15. The van der Waals surface area contributed by atoms with Crippen molar-refractivity contribution >= 4 is 28.5 Å². The maximum Gasteiger partial charge on any atom is 0.327 e. The number of halogens is 1. The summed E-state index contributed by atoms with van der Waals surface area (Å²) in [7, 11) is 1.39. The molecule has 1 heterocycles. The van der Waals surface area contributed by atoms with Crippen LogP contribution in [0.3, 0.4) is 0 Å². The number of hydrogen-bond donors (Lipinski definition) is 1. The van der Waals surface area contributed by atoms with E-state index in [0.717, 1.165) is 22.9 Å². The molecule has 4 nitrogen and oxygen atoms in total. The monoisotopic (exact) mass is 306 g/mol. The summed E-state index contributed by atoms with van der Waals surface area (Å²) in [5.74, 6) is -0.329. The molecule has 0 bridgehead atoms. The molecule has 1 aromatic carbocycles. The van der Waals surface area contributed by atoms with Gasteiger partial charge in [-0.3, -0.25) is 10.3 Å². The standard InChI is InChI=1S/C16H19ClN2O2/c1-4-10(2)19-15(16(20)21-3)12-7-8-13(17)11-6-5-9-18-14(11)12/h5-10,15,19H,4H2,1-3H3. The van der Waals surface area contributed by atoms with Crippen LogP contribution in [0, 0.1) is 0 Å². The van der Waals surface area contributed by atoms with E-state index < -0.39 is 6.04 Å². The summed E-state index contributed by atoms with van der Waals surface area (Å²) in [5, 5.41) is 4.74. The van der Waals surface area contributed by atoms with Crippen LogP contribution in [-0.4, -0.2) is 24.1 Å². The first-order valence-electron chi connectivity index (χ1n) is 6.95. The summed E-state index contributed by atoms with van der Waals surface area (Å²) >= 11 is 6.20. The van der Waals surface area contributed by atoms with Gasteiger partial charge >= 0.3 is 5.97 Å². The van der Waals surface area contributed by atoms with Gasteiger partial charge in [0.25, 0.3) is 0 Å². The van der Waals surface area contributed by atoms with E-state index >= 15 is 0 Å².